The summed E-state index contributed by atoms with van der Waals surface area (Å²) in [5.74, 6) is -0.927. The number of phenols is 1. The molecule has 1 amide bonds. The van der Waals surface area contributed by atoms with Crippen molar-refractivity contribution in [3.63, 3.8) is 0 Å². The number of aromatic hydroxyl groups is 1. The zero-order valence-electron chi connectivity index (χ0n) is 16.9. The lowest BCUT2D eigenvalue weighted by molar-refractivity contribution is -0.137. The van der Waals surface area contributed by atoms with Crippen molar-refractivity contribution in [3.05, 3.63) is 68.1 Å². The van der Waals surface area contributed by atoms with Gasteiger partial charge in [-0.1, -0.05) is 22.9 Å². The average molecular weight is 514 g/mol. The topological polar surface area (TPSA) is 84.3 Å². The van der Waals surface area contributed by atoms with E-state index in [1.54, 1.807) is 18.5 Å². The second-order valence-electron chi connectivity index (χ2n) is 6.99. The lowest BCUT2D eigenvalue weighted by atomic mass is 10.1. The van der Waals surface area contributed by atoms with Crippen molar-refractivity contribution in [1.29, 1.82) is 0 Å². The van der Waals surface area contributed by atoms with Crippen molar-refractivity contribution in [2.75, 3.05) is 5.32 Å². The van der Waals surface area contributed by atoms with Crippen LogP contribution < -0.4 is 5.32 Å². The maximum atomic E-state index is 13.4. The number of halogens is 4. The molecule has 0 fully saturated rings. The molecule has 0 spiro atoms. The van der Waals surface area contributed by atoms with E-state index in [1.807, 2.05) is 0 Å². The Labute approximate surface area is 198 Å². The maximum absolute atomic E-state index is 13.4. The van der Waals surface area contributed by atoms with Crippen LogP contribution in [0.5, 0.6) is 5.75 Å². The van der Waals surface area contributed by atoms with Crippen molar-refractivity contribution in [3.8, 4) is 5.75 Å². The number of thiazole rings is 2. The number of aryl methyl sites for hydroxylation is 1. The van der Waals surface area contributed by atoms with E-state index in [0.29, 0.717) is 10.6 Å². The number of anilines is 1. The molecular weight excluding hydrogens is 499 g/mol. The third kappa shape index (κ3) is 5.27. The van der Waals surface area contributed by atoms with Crippen LogP contribution in [0.2, 0.25) is 5.02 Å². The molecule has 6 nitrogen and oxygen atoms in total. The van der Waals surface area contributed by atoms with E-state index in [4.69, 9.17) is 16.3 Å². The number of nitrogens with zero attached hydrogens (tertiary/aromatic N) is 2. The van der Waals surface area contributed by atoms with Gasteiger partial charge >= 0.3 is 6.18 Å². The van der Waals surface area contributed by atoms with E-state index in [0.717, 1.165) is 23.5 Å². The predicted molar refractivity (Wildman–Crippen MR) is 121 cm³/mol. The number of ether oxygens (including phenoxy) is 1. The van der Waals surface area contributed by atoms with Gasteiger partial charge in [-0.3, -0.25) is 10.1 Å². The lowest BCUT2D eigenvalue weighted by Crippen LogP contribution is -2.12. The first-order chi connectivity index (χ1) is 15.6. The Bertz CT molecular complexity index is 1320. The van der Waals surface area contributed by atoms with Crippen molar-refractivity contribution in [1.82, 2.24) is 9.97 Å². The van der Waals surface area contributed by atoms with Crippen LogP contribution in [0.1, 0.15) is 32.1 Å². The fourth-order valence-electron chi connectivity index (χ4n) is 3.07. The average Bonchev–Trinajstić information content (AvgIpc) is 3.39. The molecule has 0 aliphatic heterocycles. The van der Waals surface area contributed by atoms with E-state index in [2.05, 4.69) is 15.3 Å². The van der Waals surface area contributed by atoms with Crippen LogP contribution in [0.25, 0.3) is 10.2 Å². The van der Waals surface area contributed by atoms with Gasteiger partial charge in [0.1, 0.15) is 10.8 Å². The number of fused-ring (bicyclic) bond motifs is 1. The van der Waals surface area contributed by atoms with E-state index in [-0.39, 0.29) is 50.5 Å². The van der Waals surface area contributed by atoms with Crippen molar-refractivity contribution < 1.29 is 27.8 Å². The van der Waals surface area contributed by atoms with Crippen molar-refractivity contribution in [2.24, 2.45) is 0 Å². The highest BCUT2D eigenvalue weighted by atomic mass is 35.5. The number of aromatic nitrogens is 2. The number of benzene rings is 2. The highest BCUT2D eigenvalue weighted by Gasteiger charge is 2.32. The minimum atomic E-state index is -4.56. The molecule has 0 bridgehead atoms. The number of alkyl halides is 3. The summed E-state index contributed by atoms with van der Waals surface area (Å²) in [6.07, 6.45) is -2.95. The molecule has 172 valence electrons. The fraction of sp³-hybridized carbons (Fsp3) is 0.190. The molecular formula is C21H15ClF3N3O3S2. The molecule has 0 aliphatic rings. The number of hydrogen-bond acceptors (Lipinski definition) is 7. The van der Waals surface area contributed by atoms with Gasteiger partial charge < -0.3 is 9.84 Å². The quantitative estimate of drug-likeness (QED) is 0.311. The molecule has 2 N–H and O–H groups in total. The second kappa shape index (κ2) is 9.26. The lowest BCUT2D eigenvalue weighted by Gasteiger charge is -2.10. The summed E-state index contributed by atoms with van der Waals surface area (Å²) >= 11 is 8.23. The SMILES string of the molecule is Cc1cc(Cl)cc(C(=O)Nc2nc3c(COCc4nccs4)cc(C(F)(F)F)cc3s2)c1O. The zero-order chi connectivity index (χ0) is 23.8. The highest BCUT2D eigenvalue weighted by molar-refractivity contribution is 7.22. The van der Waals surface area contributed by atoms with Gasteiger partial charge in [-0.05, 0) is 36.8 Å². The molecule has 2 aromatic carbocycles. The van der Waals surface area contributed by atoms with Gasteiger partial charge in [0.05, 0.1) is 34.6 Å². The van der Waals surface area contributed by atoms with Gasteiger partial charge in [0.25, 0.3) is 5.91 Å². The van der Waals surface area contributed by atoms with Crippen molar-refractivity contribution in [2.45, 2.75) is 26.3 Å². The maximum Gasteiger partial charge on any atom is 0.416 e. The zero-order valence-corrected chi connectivity index (χ0v) is 19.3. The fourth-order valence-corrected chi connectivity index (χ4v) is 4.84. The summed E-state index contributed by atoms with van der Waals surface area (Å²) in [4.78, 5) is 21.0. The number of phenolic OH excluding ortho intramolecular Hbond substituents is 1. The molecule has 0 saturated heterocycles. The molecule has 2 aromatic heterocycles. The smallest absolute Gasteiger partial charge is 0.416 e. The number of carbonyl (C=O) groups excluding carboxylic acids is 1. The van der Waals surface area contributed by atoms with Crippen LogP contribution >= 0.6 is 34.3 Å². The van der Waals surface area contributed by atoms with Gasteiger partial charge in [-0.2, -0.15) is 13.2 Å². The minimum Gasteiger partial charge on any atom is -0.507 e. The molecule has 12 heteroatoms. The van der Waals surface area contributed by atoms with E-state index < -0.39 is 17.6 Å². The normalized spacial score (nSPS) is 11.8. The molecule has 0 radical (unpaired) electrons. The standard InChI is InChI=1S/C21H15ClF3N3O3S2/c1-10-4-13(22)7-14(18(10)29)19(30)28-20-27-17-11(8-31-9-16-26-2-3-32-16)5-12(21(23,24)25)6-15(17)33-20/h2-7,29H,8-9H2,1H3,(H,27,28,30). The highest BCUT2D eigenvalue weighted by Crippen LogP contribution is 2.37. The summed E-state index contributed by atoms with van der Waals surface area (Å²) in [7, 11) is 0. The van der Waals surface area contributed by atoms with Gasteiger partial charge in [0.2, 0.25) is 0 Å². The van der Waals surface area contributed by atoms with E-state index >= 15 is 0 Å². The first kappa shape index (κ1) is 23.4. The minimum absolute atomic E-state index is 0.0674. The van der Waals surface area contributed by atoms with E-state index in [1.165, 1.54) is 23.5 Å². The van der Waals surface area contributed by atoms with Gasteiger partial charge in [-0.25, -0.2) is 9.97 Å². The molecule has 0 saturated carbocycles. The van der Waals surface area contributed by atoms with Gasteiger partial charge in [0.15, 0.2) is 5.13 Å². The Morgan fingerprint density at radius 3 is 2.73 bits per heavy atom. The van der Waals surface area contributed by atoms with Gasteiger partial charge in [-0.15, -0.1) is 11.3 Å². The van der Waals surface area contributed by atoms with E-state index in [9.17, 15) is 23.1 Å². The van der Waals surface area contributed by atoms with Crippen LogP contribution in [0, 0.1) is 6.92 Å². The molecule has 4 aromatic rings. The number of carbonyl (C=O) groups is 1. The first-order valence-electron chi connectivity index (χ1n) is 9.39. The first-order valence-corrected chi connectivity index (χ1v) is 11.5. The molecule has 0 aliphatic carbocycles. The Morgan fingerprint density at radius 2 is 2.03 bits per heavy atom. The van der Waals surface area contributed by atoms with Crippen LogP contribution in [-0.4, -0.2) is 21.0 Å². The number of nitrogens with one attached hydrogen (secondary N) is 1. The Kier molecular flexibility index (Phi) is 6.57. The van der Waals surface area contributed by atoms with Crippen LogP contribution in [0.3, 0.4) is 0 Å². The number of rotatable bonds is 6. The van der Waals surface area contributed by atoms with Crippen LogP contribution in [0.15, 0.2) is 35.8 Å². The monoisotopic (exact) mass is 513 g/mol. The molecule has 33 heavy (non-hydrogen) atoms. The Morgan fingerprint density at radius 1 is 1.24 bits per heavy atom. The summed E-state index contributed by atoms with van der Waals surface area (Å²) in [5, 5.41) is 15.5. The third-order valence-electron chi connectivity index (χ3n) is 4.60. The van der Waals surface area contributed by atoms with Crippen molar-refractivity contribution >= 4 is 55.5 Å². The summed E-state index contributed by atoms with van der Waals surface area (Å²) < 4.78 is 46.1. The predicted octanol–water partition coefficient (Wildman–Crippen LogP) is 6.41. The number of hydrogen-bond donors (Lipinski definition) is 2. The Hall–Kier alpha value is -2.73. The summed E-state index contributed by atoms with van der Waals surface area (Å²) in [6, 6.07) is 4.77. The van der Waals surface area contributed by atoms with Gasteiger partial charge in [0, 0.05) is 22.2 Å². The second-order valence-corrected chi connectivity index (χ2v) is 9.44. The van der Waals surface area contributed by atoms with Crippen LogP contribution in [0.4, 0.5) is 18.3 Å². The third-order valence-corrected chi connectivity index (χ3v) is 6.49. The largest absolute Gasteiger partial charge is 0.507 e. The summed E-state index contributed by atoms with van der Waals surface area (Å²) in [5.41, 5.74) is 0.0182. The molecule has 4 rings (SSSR count). The van der Waals surface area contributed by atoms with Crippen LogP contribution in [-0.2, 0) is 24.1 Å². The molecule has 0 unspecified atom stereocenters. The molecule has 2 heterocycles. The Balaban J connectivity index is 1.64. The summed E-state index contributed by atoms with van der Waals surface area (Å²) in [6.45, 7) is 1.62. The number of amides is 1. The molecule has 0 atom stereocenters.